The molecule has 0 aliphatic carbocycles. The maximum absolute atomic E-state index is 13.1. The number of amides is 1. The molecule has 2 aromatic heterocycles. The van der Waals surface area contributed by atoms with Crippen molar-refractivity contribution in [1.82, 2.24) is 14.5 Å². The molecule has 1 saturated heterocycles. The molecule has 0 unspecified atom stereocenters. The van der Waals surface area contributed by atoms with Gasteiger partial charge in [-0.15, -0.1) is 11.3 Å². The summed E-state index contributed by atoms with van der Waals surface area (Å²) >= 11 is 1.51. The van der Waals surface area contributed by atoms with Crippen LogP contribution >= 0.6 is 11.3 Å². The number of hydrogen-bond acceptors (Lipinski definition) is 6. The van der Waals surface area contributed by atoms with E-state index in [0.29, 0.717) is 19.0 Å². The summed E-state index contributed by atoms with van der Waals surface area (Å²) < 4.78 is 7.39. The molecule has 1 N–H and O–H groups in total. The number of carbonyl (C=O) groups is 1. The van der Waals surface area contributed by atoms with Crippen LogP contribution in [0.3, 0.4) is 0 Å². The third-order valence-electron chi connectivity index (χ3n) is 5.15. The number of nitrogens with zero attached hydrogens (tertiary/aromatic N) is 4. The summed E-state index contributed by atoms with van der Waals surface area (Å²) in [6.07, 6.45) is 0. The first kappa shape index (κ1) is 18.8. The van der Waals surface area contributed by atoms with Gasteiger partial charge in [0.2, 0.25) is 5.91 Å². The number of aromatic nitrogens is 3. The normalized spacial score (nSPS) is 14.2. The Morgan fingerprint density at radius 2 is 1.90 bits per heavy atom. The molecule has 7 nitrogen and oxygen atoms in total. The second-order valence-electron chi connectivity index (χ2n) is 7.05. The number of thiazole rings is 1. The van der Waals surface area contributed by atoms with E-state index in [9.17, 15) is 4.79 Å². The van der Waals surface area contributed by atoms with Gasteiger partial charge in [-0.2, -0.15) is 0 Å². The Morgan fingerprint density at radius 1 is 1.10 bits per heavy atom. The zero-order chi connectivity index (χ0) is 20.3. The van der Waals surface area contributed by atoms with Crippen LogP contribution in [0.4, 0.5) is 11.4 Å². The van der Waals surface area contributed by atoms with Crippen molar-refractivity contribution < 1.29 is 9.53 Å². The lowest BCUT2D eigenvalue weighted by Crippen LogP contribution is -2.36. The topological polar surface area (TPSA) is 72.3 Å². The Kier molecular flexibility index (Phi) is 5.17. The Morgan fingerprint density at radius 3 is 2.73 bits per heavy atom. The van der Waals surface area contributed by atoms with Gasteiger partial charge in [-0.05, 0) is 24.3 Å². The third kappa shape index (κ3) is 3.67. The van der Waals surface area contributed by atoms with Crippen molar-refractivity contribution in [2.24, 2.45) is 0 Å². The van der Waals surface area contributed by atoms with Crippen molar-refractivity contribution in [3.05, 3.63) is 59.4 Å². The average Bonchev–Trinajstić information content (AvgIpc) is 3.43. The fourth-order valence-electron chi connectivity index (χ4n) is 3.75. The van der Waals surface area contributed by atoms with Crippen LogP contribution in [0.15, 0.2) is 59.4 Å². The van der Waals surface area contributed by atoms with Crippen LogP contribution in [0, 0.1) is 0 Å². The molecule has 1 fully saturated rings. The van der Waals surface area contributed by atoms with Crippen molar-refractivity contribution in [2.45, 2.75) is 6.54 Å². The van der Waals surface area contributed by atoms with E-state index in [-0.39, 0.29) is 12.5 Å². The number of carbonyl (C=O) groups excluding carboxylic acids is 1. The lowest BCUT2D eigenvalue weighted by atomic mass is 10.2. The number of rotatable bonds is 5. The van der Waals surface area contributed by atoms with E-state index < -0.39 is 0 Å². The van der Waals surface area contributed by atoms with Crippen LogP contribution < -0.4 is 10.2 Å². The highest BCUT2D eigenvalue weighted by Gasteiger charge is 2.19. The number of morpholine rings is 1. The predicted molar refractivity (Wildman–Crippen MR) is 119 cm³/mol. The number of imidazole rings is 1. The van der Waals surface area contributed by atoms with Crippen LogP contribution in [0.25, 0.3) is 22.6 Å². The summed E-state index contributed by atoms with van der Waals surface area (Å²) in [5.41, 5.74) is 6.14. The molecule has 30 heavy (non-hydrogen) atoms. The largest absolute Gasteiger partial charge is 0.378 e. The summed E-state index contributed by atoms with van der Waals surface area (Å²) in [4.78, 5) is 24.4. The van der Waals surface area contributed by atoms with Gasteiger partial charge in [-0.3, -0.25) is 4.79 Å². The highest BCUT2D eigenvalue weighted by atomic mass is 32.1. The van der Waals surface area contributed by atoms with Crippen LogP contribution in [-0.2, 0) is 16.1 Å². The van der Waals surface area contributed by atoms with Gasteiger partial charge in [0.25, 0.3) is 0 Å². The SMILES string of the molecule is O=C(Cn1c(-c2cscn2)nc2ccccc21)Nc1ccccc1N1CCOCC1. The van der Waals surface area contributed by atoms with E-state index in [0.717, 1.165) is 41.2 Å². The molecule has 0 radical (unpaired) electrons. The van der Waals surface area contributed by atoms with Gasteiger partial charge >= 0.3 is 0 Å². The molecule has 8 heteroatoms. The molecule has 0 saturated carbocycles. The first-order valence-corrected chi connectivity index (χ1v) is 10.8. The average molecular weight is 420 g/mol. The fraction of sp³-hybridized carbons (Fsp3) is 0.227. The fourth-order valence-corrected chi connectivity index (χ4v) is 4.28. The quantitative estimate of drug-likeness (QED) is 0.535. The number of para-hydroxylation sites is 4. The number of ether oxygens (including phenoxy) is 1. The molecule has 3 heterocycles. The molecule has 1 aliphatic rings. The Bertz CT molecular complexity index is 1170. The van der Waals surface area contributed by atoms with Crippen molar-refractivity contribution in [3.63, 3.8) is 0 Å². The molecule has 0 bridgehead atoms. The van der Waals surface area contributed by atoms with E-state index in [1.807, 2.05) is 58.5 Å². The predicted octanol–water partition coefficient (Wildman–Crippen LogP) is 3.64. The lowest BCUT2D eigenvalue weighted by Gasteiger charge is -2.30. The number of fused-ring (bicyclic) bond motifs is 1. The Labute approximate surface area is 177 Å². The Hall–Kier alpha value is -3.23. The number of benzene rings is 2. The molecule has 152 valence electrons. The summed E-state index contributed by atoms with van der Waals surface area (Å²) in [5, 5.41) is 5.04. The zero-order valence-corrected chi connectivity index (χ0v) is 17.1. The number of anilines is 2. The lowest BCUT2D eigenvalue weighted by molar-refractivity contribution is -0.116. The minimum Gasteiger partial charge on any atom is -0.378 e. The maximum atomic E-state index is 13.1. The van der Waals surface area contributed by atoms with Crippen LogP contribution in [0.2, 0.25) is 0 Å². The molecule has 1 amide bonds. The third-order valence-corrected chi connectivity index (χ3v) is 5.73. The Balaban J connectivity index is 1.43. The van der Waals surface area contributed by atoms with Crippen LogP contribution in [-0.4, -0.2) is 46.7 Å². The monoisotopic (exact) mass is 419 g/mol. The highest BCUT2D eigenvalue weighted by molar-refractivity contribution is 7.07. The minimum atomic E-state index is -0.102. The molecule has 5 rings (SSSR count). The van der Waals surface area contributed by atoms with Gasteiger partial charge in [0.15, 0.2) is 5.82 Å². The molecule has 4 aromatic rings. The van der Waals surface area contributed by atoms with Crippen molar-refractivity contribution in [1.29, 1.82) is 0 Å². The first-order chi connectivity index (χ1) is 14.8. The van der Waals surface area contributed by atoms with Gasteiger partial charge in [0.05, 0.1) is 41.1 Å². The van der Waals surface area contributed by atoms with Crippen LogP contribution in [0.1, 0.15) is 0 Å². The van der Waals surface area contributed by atoms with Crippen molar-refractivity contribution in [3.8, 4) is 11.5 Å². The van der Waals surface area contributed by atoms with E-state index in [1.165, 1.54) is 11.3 Å². The van der Waals surface area contributed by atoms with Gasteiger partial charge in [0.1, 0.15) is 12.2 Å². The second kappa shape index (κ2) is 8.25. The standard InChI is InChI=1S/C22H21N5O2S/c28-21(24-16-5-1-3-7-19(16)26-9-11-29-12-10-26)13-27-20-8-4-2-6-17(20)25-22(27)18-14-30-15-23-18/h1-8,14-15H,9-13H2,(H,24,28). The summed E-state index contributed by atoms with van der Waals surface area (Å²) in [7, 11) is 0. The summed E-state index contributed by atoms with van der Waals surface area (Å²) in [6, 6.07) is 15.7. The highest BCUT2D eigenvalue weighted by Crippen LogP contribution is 2.28. The smallest absolute Gasteiger partial charge is 0.244 e. The van der Waals surface area contributed by atoms with Gasteiger partial charge < -0.3 is 19.5 Å². The van der Waals surface area contributed by atoms with E-state index in [1.54, 1.807) is 5.51 Å². The second-order valence-corrected chi connectivity index (χ2v) is 7.77. The number of hydrogen-bond donors (Lipinski definition) is 1. The number of nitrogens with one attached hydrogen (secondary N) is 1. The molecule has 1 aliphatic heterocycles. The maximum Gasteiger partial charge on any atom is 0.244 e. The zero-order valence-electron chi connectivity index (χ0n) is 16.3. The van der Waals surface area contributed by atoms with Crippen molar-refractivity contribution in [2.75, 3.05) is 36.5 Å². The van der Waals surface area contributed by atoms with Gasteiger partial charge in [-0.25, -0.2) is 9.97 Å². The van der Waals surface area contributed by atoms with E-state index in [4.69, 9.17) is 9.72 Å². The summed E-state index contributed by atoms with van der Waals surface area (Å²) in [6.45, 7) is 3.17. The van der Waals surface area contributed by atoms with Crippen LogP contribution in [0.5, 0.6) is 0 Å². The molecular weight excluding hydrogens is 398 g/mol. The molecule has 0 spiro atoms. The summed E-state index contributed by atoms with van der Waals surface area (Å²) in [5.74, 6) is 0.601. The van der Waals surface area contributed by atoms with E-state index >= 15 is 0 Å². The molecular formula is C22H21N5O2S. The van der Waals surface area contributed by atoms with Gasteiger partial charge in [-0.1, -0.05) is 24.3 Å². The molecule has 2 aromatic carbocycles. The van der Waals surface area contributed by atoms with Gasteiger partial charge in [0, 0.05) is 18.5 Å². The molecule has 0 atom stereocenters. The van der Waals surface area contributed by atoms with E-state index in [2.05, 4.69) is 15.2 Å². The minimum absolute atomic E-state index is 0.102. The van der Waals surface area contributed by atoms with Crippen molar-refractivity contribution >= 4 is 39.7 Å². The first-order valence-electron chi connectivity index (χ1n) is 9.85.